The molecule has 0 radical (unpaired) electrons. The molecule has 0 aromatic carbocycles. The van der Waals surface area contributed by atoms with Gasteiger partial charge in [-0.05, 0) is 52.7 Å². The van der Waals surface area contributed by atoms with Gasteiger partial charge >= 0.3 is 0 Å². The first-order chi connectivity index (χ1) is 8.25. The zero-order valence-electron chi connectivity index (χ0n) is 9.60. The van der Waals surface area contributed by atoms with Gasteiger partial charge in [0.25, 0.3) is 0 Å². The largest absolute Gasteiger partial charge is 0.305 e. The van der Waals surface area contributed by atoms with Gasteiger partial charge in [-0.3, -0.25) is 9.97 Å². The fourth-order valence-electron chi connectivity index (χ4n) is 1.54. The summed E-state index contributed by atoms with van der Waals surface area (Å²) in [7, 11) is 0. The molecule has 0 unspecified atom stereocenters. The van der Waals surface area contributed by atoms with Crippen molar-refractivity contribution < 1.29 is 0 Å². The van der Waals surface area contributed by atoms with E-state index in [0.29, 0.717) is 6.04 Å². The Hall–Kier alpha value is -1.26. The van der Waals surface area contributed by atoms with Crippen LogP contribution in [0.5, 0.6) is 0 Å². The van der Waals surface area contributed by atoms with Gasteiger partial charge in [-0.2, -0.15) is 0 Å². The number of pyridine rings is 2. The first-order valence-corrected chi connectivity index (χ1v) is 6.29. The van der Waals surface area contributed by atoms with Crippen LogP contribution in [0.1, 0.15) is 24.2 Å². The van der Waals surface area contributed by atoms with E-state index < -0.39 is 0 Å². The molecule has 2 aromatic heterocycles. The summed E-state index contributed by atoms with van der Waals surface area (Å²) in [4.78, 5) is 8.33. The molecule has 2 heterocycles. The van der Waals surface area contributed by atoms with Crippen LogP contribution in [0.2, 0.25) is 0 Å². The molecule has 3 nitrogen and oxygen atoms in total. The number of rotatable bonds is 4. The highest BCUT2D eigenvalue weighted by molar-refractivity contribution is 9.10. The molecule has 0 amide bonds. The lowest BCUT2D eigenvalue weighted by Gasteiger charge is -2.13. The van der Waals surface area contributed by atoms with Crippen molar-refractivity contribution >= 4 is 15.9 Å². The van der Waals surface area contributed by atoms with E-state index >= 15 is 0 Å². The number of nitrogens with one attached hydrogen (secondary N) is 1. The fourth-order valence-corrected chi connectivity index (χ4v) is 1.77. The van der Waals surface area contributed by atoms with Gasteiger partial charge in [-0.15, -0.1) is 0 Å². The molecule has 0 fully saturated rings. The van der Waals surface area contributed by atoms with Crippen molar-refractivity contribution in [3.8, 4) is 0 Å². The second-order valence-electron chi connectivity index (χ2n) is 3.85. The average molecular weight is 292 g/mol. The van der Waals surface area contributed by atoms with Crippen LogP contribution in [0.4, 0.5) is 0 Å². The lowest BCUT2D eigenvalue weighted by atomic mass is 10.1. The maximum atomic E-state index is 4.32. The van der Waals surface area contributed by atoms with E-state index in [1.165, 1.54) is 5.56 Å². The Morgan fingerprint density at radius 3 is 2.65 bits per heavy atom. The fraction of sp³-hybridized carbons (Fsp3) is 0.231. The molecule has 2 rings (SSSR count). The zero-order chi connectivity index (χ0) is 12.1. The lowest BCUT2D eigenvalue weighted by Crippen LogP contribution is -2.18. The summed E-state index contributed by atoms with van der Waals surface area (Å²) >= 11 is 3.37. The van der Waals surface area contributed by atoms with Gasteiger partial charge in [0.05, 0.1) is 5.69 Å². The minimum atomic E-state index is 0.295. The van der Waals surface area contributed by atoms with E-state index in [4.69, 9.17) is 0 Å². The monoisotopic (exact) mass is 291 g/mol. The smallest absolute Gasteiger partial charge is 0.0542 e. The number of nitrogens with zero attached hydrogens (tertiary/aromatic N) is 2. The van der Waals surface area contributed by atoms with E-state index in [-0.39, 0.29) is 0 Å². The molecule has 2 aromatic rings. The normalized spacial score (nSPS) is 12.4. The minimum Gasteiger partial charge on any atom is -0.305 e. The highest BCUT2D eigenvalue weighted by Gasteiger charge is 2.04. The molecular weight excluding hydrogens is 278 g/mol. The number of hydrogen-bond donors (Lipinski definition) is 1. The Bertz CT molecular complexity index is 456. The second-order valence-corrected chi connectivity index (χ2v) is 4.77. The molecule has 1 atom stereocenters. The molecule has 0 saturated heterocycles. The summed E-state index contributed by atoms with van der Waals surface area (Å²) in [6.45, 7) is 2.89. The Morgan fingerprint density at radius 1 is 1.24 bits per heavy atom. The molecule has 17 heavy (non-hydrogen) atoms. The van der Waals surface area contributed by atoms with Gasteiger partial charge in [0.2, 0.25) is 0 Å². The van der Waals surface area contributed by atoms with Crippen LogP contribution in [-0.4, -0.2) is 9.97 Å². The molecular formula is C13H14BrN3. The van der Waals surface area contributed by atoms with Crippen LogP contribution in [0.15, 0.2) is 47.3 Å². The van der Waals surface area contributed by atoms with Crippen LogP contribution in [0, 0.1) is 0 Å². The Balaban J connectivity index is 1.92. The lowest BCUT2D eigenvalue weighted by molar-refractivity contribution is 0.567. The van der Waals surface area contributed by atoms with Crippen molar-refractivity contribution in [3.63, 3.8) is 0 Å². The summed E-state index contributed by atoms with van der Waals surface area (Å²) < 4.78 is 1.00. The van der Waals surface area contributed by atoms with Crippen LogP contribution in [-0.2, 0) is 6.54 Å². The van der Waals surface area contributed by atoms with E-state index in [1.54, 1.807) is 0 Å². The highest BCUT2D eigenvalue weighted by atomic mass is 79.9. The maximum absolute atomic E-state index is 4.32. The number of halogens is 1. The van der Waals surface area contributed by atoms with E-state index in [9.17, 15) is 0 Å². The SMILES string of the molecule is C[C@H](NCc1ccc(Br)cn1)c1ccncc1. The van der Waals surface area contributed by atoms with Gasteiger partial charge < -0.3 is 5.32 Å². The number of hydrogen-bond acceptors (Lipinski definition) is 3. The zero-order valence-corrected chi connectivity index (χ0v) is 11.2. The van der Waals surface area contributed by atoms with E-state index in [1.807, 2.05) is 42.9 Å². The second kappa shape index (κ2) is 5.89. The van der Waals surface area contributed by atoms with Gasteiger partial charge in [-0.1, -0.05) is 0 Å². The Morgan fingerprint density at radius 2 is 2.00 bits per heavy atom. The molecule has 88 valence electrons. The predicted molar refractivity (Wildman–Crippen MR) is 71.4 cm³/mol. The predicted octanol–water partition coefficient (Wildman–Crippen LogP) is 3.09. The van der Waals surface area contributed by atoms with Crippen molar-refractivity contribution in [1.82, 2.24) is 15.3 Å². The van der Waals surface area contributed by atoms with Crippen molar-refractivity contribution in [2.24, 2.45) is 0 Å². The first-order valence-electron chi connectivity index (χ1n) is 5.49. The summed E-state index contributed by atoms with van der Waals surface area (Å²) in [5, 5.41) is 3.43. The van der Waals surface area contributed by atoms with Gasteiger partial charge in [-0.25, -0.2) is 0 Å². The van der Waals surface area contributed by atoms with Gasteiger partial charge in [0, 0.05) is 35.6 Å². The summed E-state index contributed by atoms with van der Waals surface area (Å²) in [5.74, 6) is 0. The van der Waals surface area contributed by atoms with Crippen molar-refractivity contribution in [1.29, 1.82) is 0 Å². The average Bonchev–Trinajstić information content (AvgIpc) is 2.39. The summed E-state index contributed by atoms with van der Waals surface area (Å²) in [6, 6.07) is 8.35. The Kier molecular flexibility index (Phi) is 4.23. The van der Waals surface area contributed by atoms with Crippen molar-refractivity contribution in [2.75, 3.05) is 0 Å². The molecule has 0 spiro atoms. The molecule has 0 aliphatic carbocycles. The maximum Gasteiger partial charge on any atom is 0.0542 e. The van der Waals surface area contributed by atoms with Crippen molar-refractivity contribution in [2.45, 2.75) is 19.5 Å². The van der Waals surface area contributed by atoms with Crippen LogP contribution < -0.4 is 5.32 Å². The third kappa shape index (κ3) is 3.61. The van der Waals surface area contributed by atoms with Gasteiger partial charge in [0.1, 0.15) is 0 Å². The minimum absolute atomic E-state index is 0.295. The quantitative estimate of drug-likeness (QED) is 0.941. The summed E-state index contributed by atoms with van der Waals surface area (Å²) in [5.41, 5.74) is 2.27. The third-order valence-corrected chi connectivity index (χ3v) is 3.05. The molecule has 0 aliphatic rings. The molecule has 0 saturated carbocycles. The summed E-state index contributed by atoms with van der Waals surface area (Å²) in [6.07, 6.45) is 5.44. The molecule has 0 aliphatic heterocycles. The third-order valence-electron chi connectivity index (χ3n) is 2.58. The van der Waals surface area contributed by atoms with Crippen LogP contribution in [0.25, 0.3) is 0 Å². The van der Waals surface area contributed by atoms with E-state index in [2.05, 4.69) is 38.1 Å². The molecule has 4 heteroatoms. The van der Waals surface area contributed by atoms with Crippen LogP contribution in [0.3, 0.4) is 0 Å². The standard InChI is InChI=1S/C13H14BrN3/c1-10(11-4-6-15-7-5-11)16-9-13-3-2-12(14)8-17-13/h2-8,10,16H,9H2,1H3/t10-/m0/s1. The first kappa shape index (κ1) is 12.2. The Labute approximate surface area is 109 Å². The van der Waals surface area contributed by atoms with E-state index in [0.717, 1.165) is 16.7 Å². The molecule has 0 bridgehead atoms. The highest BCUT2D eigenvalue weighted by Crippen LogP contribution is 2.12. The van der Waals surface area contributed by atoms with Crippen molar-refractivity contribution in [3.05, 3.63) is 58.6 Å². The molecule has 1 N–H and O–H groups in total. The topological polar surface area (TPSA) is 37.8 Å². The van der Waals surface area contributed by atoms with Gasteiger partial charge in [0.15, 0.2) is 0 Å². The number of aromatic nitrogens is 2. The van der Waals surface area contributed by atoms with Crippen LogP contribution >= 0.6 is 15.9 Å².